The highest BCUT2D eigenvalue weighted by molar-refractivity contribution is 5.63. The van der Waals surface area contributed by atoms with Crippen molar-refractivity contribution in [3.63, 3.8) is 0 Å². The van der Waals surface area contributed by atoms with E-state index in [9.17, 15) is 0 Å². The van der Waals surface area contributed by atoms with Crippen LogP contribution in [-0.2, 0) is 0 Å². The number of rotatable bonds is 0. The molecule has 5 rings (SSSR count). The molecule has 0 bridgehead atoms. The first-order chi connectivity index (χ1) is 11.2. The molecule has 2 saturated carbocycles. The Kier molecular flexibility index (Phi) is 2.83. The van der Waals surface area contributed by atoms with E-state index in [0.717, 1.165) is 54.2 Å². The van der Waals surface area contributed by atoms with Gasteiger partial charge < -0.3 is 18.9 Å². The van der Waals surface area contributed by atoms with Gasteiger partial charge in [-0.1, -0.05) is 12.8 Å². The lowest BCUT2D eigenvalue weighted by atomic mass is 9.94. The molecule has 2 aliphatic heterocycles. The van der Waals surface area contributed by atoms with Gasteiger partial charge in [-0.2, -0.15) is 0 Å². The van der Waals surface area contributed by atoms with E-state index in [1.54, 1.807) is 0 Å². The Balaban J connectivity index is 1.48. The molecule has 2 fully saturated rings. The SMILES string of the molecule is Cc1c2c(cc3c1OC1(CCCCC1)O3)OC1(CCCCC1)O2. The van der Waals surface area contributed by atoms with Crippen LogP contribution in [0.4, 0.5) is 0 Å². The second-order valence-corrected chi connectivity index (χ2v) is 7.51. The molecule has 23 heavy (non-hydrogen) atoms. The molecule has 2 heterocycles. The van der Waals surface area contributed by atoms with E-state index in [2.05, 4.69) is 6.92 Å². The Bertz CT molecular complexity index is 587. The molecule has 0 N–H and O–H groups in total. The zero-order valence-corrected chi connectivity index (χ0v) is 13.8. The van der Waals surface area contributed by atoms with Crippen LogP contribution in [0.25, 0.3) is 0 Å². The molecule has 0 saturated heterocycles. The van der Waals surface area contributed by atoms with Gasteiger partial charge in [0.2, 0.25) is 0 Å². The summed E-state index contributed by atoms with van der Waals surface area (Å²) in [4.78, 5) is 0. The lowest BCUT2D eigenvalue weighted by Gasteiger charge is -2.32. The predicted molar refractivity (Wildman–Crippen MR) is 85.3 cm³/mol. The standard InChI is InChI=1S/C19H24O4/c1-13-16-14(20-18(22-16)8-4-2-5-9-18)12-15-17(13)23-19(21-15)10-6-3-7-11-19/h12H,2-11H2,1H3. The number of fused-ring (bicyclic) bond motifs is 2. The van der Waals surface area contributed by atoms with Crippen LogP contribution in [0.3, 0.4) is 0 Å². The third kappa shape index (κ3) is 2.03. The van der Waals surface area contributed by atoms with E-state index >= 15 is 0 Å². The van der Waals surface area contributed by atoms with Crippen molar-refractivity contribution in [3.8, 4) is 23.0 Å². The number of hydrogen-bond acceptors (Lipinski definition) is 4. The molecule has 1 aromatic carbocycles. The second kappa shape index (κ2) is 4.71. The first kappa shape index (κ1) is 13.8. The molecule has 2 spiro atoms. The summed E-state index contributed by atoms with van der Waals surface area (Å²) >= 11 is 0. The summed E-state index contributed by atoms with van der Waals surface area (Å²) in [5.41, 5.74) is 1.03. The first-order valence-corrected chi connectivity index (χ1v) is 9.12. The number of benzene rings is 1. The minimum absolute atomic E-state index is 0.442. The maximum Gasteiger partial charge on any atom is 0.251 e. The average Bonchev–Trinajstić information content (AvgIpc) is 3.08. The van der Waals surface area contributed by atoms with E-state index in [-0.39, 0.29) is 0 Å². The summed E-state index contributed by atoms with van der Waals surface area (Å²) in [7, 11) is 0. The average molecular weight is 316 g/mol. The van der Waals surface area contributed by atoms with Gasteiger partial charge in [0.15, 0.2) is 23.0 Å². The lowest BCUT2D eigenvalue weighted by Crippen LogP contribution is -2.41. The maximum atomic E-state index is 6.31. The zero-order chi connectivity index (χ0) is 15.5. The molecular weight excluding hydrogens is 292 g/mol. The quantitative estimate of drug-likeness (QED) is 0.685. The van der Waals surface area contributed by atoms with E-state index < -0.39 is 11.6 Å². The minimum atomic E-state index is -0.442. The summed E-state index contributed by atoms with van der Waals surface area (Å²) < 4.78 is 25.1. The van der Waals surface area contributed by atoms with Gasteiger partial charge in [0, 0.05) is 37.3 Å². The van der Waals surface area contributed by atoms with Crippen LogP contribution in [0.1, 0.15) is 69.8 Å². The third-order valence-corrected chi connectivity index (χ3v) is 5.79. The van der Waals surface area contributed by atoms with E-state index in [1.807, 2.05) is 6.07 Å². The van der Waals surface area contributed by atoms with Gasteiger partial charge in [-0.3, -0.25) is 0 Å². The maximum absolute atomic E-state index is 6.31. The van der Waals surface area contributed by atoms with Crippen molar-refractivity contribution in [2.24, 2.45) is 0 Å². The van der Waals surface area contributed by atoms with Crippen molar-refractivity contribution in [1.29, 1.82) is 0 Å². The van der Waals surface area contributed by atoms with Crippen LogP contribution < -0.4 is 18.9 Å². The highest BCUT2D eigenvalue weighted by atomic mass is 16.7. The molecule has 124 valence electrons. The Morgan fingerprint density at radius 3 is 1.52 bits per heavy atom. The van der Waals surface area contributed by atoms with Crippen molar-refractivity contribution < 1.29 is 18.9 Å². The Labute approximate surface area is 137 Å². The summed E-state index contributed by atoms with van der Waals surface area (Å²) in [5, 5.41) is 0. The summed E-state index contributed by atoms with van der Waals surface area (Å²) in [5.74, 6) is 2.51. The molecule has 1 aromatic rings. The van der Waals surface area contributed by atoms with Crippen LogP contribution in [0, 0.1) is 6.92 Å². The fourth-order valence-corrected chi connectivity index (χ4v) is 4.53. The third-order valence-electron chi connectivity index (χ3n) is 5.79. The highest BCUT2D eigenvalue weighted by Gasteiger charge is 2.48. The zero-order valence-electron chi connectivity index (χ0n) is 13.8. The molecule has 0 amide bonds. The largest absolute Gasteiger partial charge is 0.448 e. The van der Waals surface area contributed by atoms with Crippen LogP contribution in [0.2, 0.25) is 0 Å². The fraction of sp³-hybridized carbons (Fsp3) is 0.684. The van der Waals surface area contributed by atoms with Gasteiger partial charge in [-0.15, -0.1) is 0 Å². The Morgan fingerprint density at radius 1 is 0.652 bits per heavy atom. The van der Waals surface area contributed by atoms with Crippen molar-refractivity contribution in [3.05, 3.63) is 11.6 Å². The van der Waals surface area contributed by atoms with Crippen molar-refractivity contribution in [1.82, 2.24) is 0 Å². The van der Waals surface area contributed by atoms with Gasteiger partial charge in [0.05, 0.1) is 0 Å². The van der Waals surface area contributed by atoms with Gasteiger partial charge >= 0.3 is 0 Å². The predicted octanol–water partition coefficient (Wildman–Crippen LogP) is 4.86. The summed E-state index contributed by atoms with van der Waals surface area (Å²) in [6.07, 6.45) is 11.1. The lowest BCUT2D eigenvalue weighted by molar-refractivity contribution is -0.109. The molecule has 2 aliphatic carbocycles. The molecule has 4 heteroatoms. The molecule has 0 unspecified atom stereocenters. The minimum Gasteiger partial charge on any atom is -0.448 e. The highest BCUT2D eigenvalue weighted by Crippen LogP contribution is 2.56. The molecule has 0 atom stereocenters. The van der Waals surface area contributed by atoms with Gasteiger partial charge in [-0.25, -0.2) is 0 Å². The topological polar surface area (TPSA) is 36.9 Å². The van der Waals surface area contributed by atoms with E-state index in [1.165, 1.54) is 38.5 Å². The number of hydrogen-bond donors (Lipinski definition) is 0. The fourth-order valence-electron chi connectivity index (χ4n) is 4.53. The molecule has 0 aromatic heterocycles. The van der Waals surface area contributed by atoms with Crippen molar-refractivity contribution >= 4 is 0 Å². The van der Waals surface area contributed by atoms with Gasteiger partial charge in [-0.05, 0) is 32.6 Å². The molecular formula is C19H24O4. The normalized spacial score (nSPS) is 26.0. The first-order valence-electron chi connectivity index (χ1n) is 9.12. The molecule has 0 radical (unpaired) electrons. The van der Waals surface area contributed by atoms with Crippen LogP contribution in [0.15, 0.2) is 6.07 Å². The van der Waals surface area contributed by atoms with E-state index in [4.69, 9.17) is 18.9 Å². The van der Waals surface area contributed by atoms with E-state index in [0.29, 0.717) is 0 Å². The van der Waals surface area contributed by atoms with Gasteiger partial charge in [0.1, 0.15) is 0 Å². The number of ether oxygens (including phenoxy) is 4. The van der Waals surface area contributed by atoms with Crippen molar-refractivity contribution in [2.75, 3.05) is 0 Å². The van der Waals surface area contributed by atoms with Crippen LogP contribution in [-0.4, -0.2) is 11.6 Å². The Morgan fingerprint density at radius 2 is 1.09 bits per heavy atom. The van der Waals surface area contributed by atoms with Crippen LogP contribution in [0.5, 0.6) is 23.0 Å². The van der Waals surface area contributed by atoms with Crippen LogP contribution >= 0.6 is 0 Å². The van der Waals surface area contributed by atoms with Crippen molar-refractivity contribution in [2.45, 2.75) is 82.7 Å². The summed E-state index contributed by atoms with van der Waals surface area (Å²) in [6.45, 7) is 2.06. The smallest absolute Gasteiger partial charge is 0.251 e. The summed E-state index contributed by atoms with van der Waals surface area (Å²) in [6, 6.07) is 1.99. The second-order valence-electron chi connectivity index (χ2n) is 7.51. The molecule has 4 nitrogen and oxygen atoms in total. The molecule has 4 aliphatic rings. The van der Waals surface area contributed by atoms with Gasteiger partial charge in [0.25, 0.3) is 11.6 Å². The monoisotopic (exact) mass is 316 g/mol. The Hall–Kier alpha value is -1.58.